The quantitative estimate of drug-likeness (QED) is 0.100. The molecule has 53 heavy (non-hydrogen) atoms. The number of amides is 3. The van der Waals surface area contributed by atoms with Gasteiger partial charge in [0.25, 0.3) is 0 Å². The lowest BCUT2D eigenvalue weighted by Crippen LogP contribution is -2.55. The number of carbonyl (C=O) groups excluding carboxylic acids is 4. The van der Waals surface area contributed by atoms with Gasteiger partial charge >= 0.3 is 12.1 Å². The van der Waals surface area contributed by atoms with E-state index in [1.165, 1.54) is 0 Å². The summed E-state index contributed by atoms with van der Waals surface area (Å²) in [5.41, 5.74) is 1.55. The highest BCUT2D eigenvalue weighted by molar-refractivity contribution is 5.94. The molecule has 0 aliphatic heterocycles. The van der Waals surface area contributed by atoms with Gasteiger partial charge in [-0.05, 0) is 77.1 Å². The minimum Gasteiger partial charge on any atom is -0.458 e. The van der Waals surface area contributed by atoms with Crippen LogP contribution in [0.3, 0.4) is 0 Å². The van der Waals surface area contributed by atoms with E-state index >= 15 is 4.79 Å². The third-order valence-corrected chi connectivity index (χ3v) is 8.64. The van der Waals surface area contributed by atoms with Crippen LogP contribution in [0, 0.1) is 6.92 Å². The van der Waals surface area contributed by atoms with Crippen LogP contribution in [-0.4, -0.2) is 58.6 Å². The molecule has 0 aliphatic carbocycles. The third-order valence-electron chi connectivity index (χ3n) is 8.64. The number of benzene rings is 3. The summed E-state index contributed by atoms with van der Waals surface area (Å²) in [7, 11) is 0. The molecule has 3 amide bonds. The number of nitrogens with one attached hydrogen (secondary N) is 2. The van der Waals surface area contributed by atoms with Gasteiger partial charge in [-0.25, -0.2) is 9.59 Å². The Morgan fingerprint density at radius 3 is 1.70 bits per heavy atom. The highest BCUT2D eigenvalue weighted by atomic mass is 16.6. The first-order chi connectivity index (χ1) is 25.1. The predicted octanol–water partition coefficient (Wildman–Crippen LogP) is 8.43. The summed E-state index contributed by atoms with van der Waals surface area (Å²) in [5, 5.41) is 5.85. The summed E-state index contributed by atoms with van der Waals surface area (Å²) in [6.45, 7) is 15.0. The molecule has 288 valence electrons. The monoisotopic (exact) mass is 727 g/mol. The fraction of sp³-hybridized carbons (Fsp3) is 0.500. The molecule has 0 heterocycles. The number of alkyl carbamates (subject to hydrolysis) is 1. The van der Waals surface area contributed by atoms with Crippen molar-refractivity contribution in [2.45, 2.75) is 136 Å². The van der Waals surface area contributed by atoms with Crippen LogP contribution in [0.15, 0.2) is 84.9 Å². The van der Waals surface area contributed by atoms with E-state index in [9.17, 15) is 14.4 Å². The molecule has 0 fully saturated rings. The van der Waals surface area contributed by atoms with E-state index in [2.05, 4.69) is 17.6 Å². The Morgan fingerprint density at radius 2 is 1.15 bits per heavy atom. The van der Waals surface area contributed by atoms with Gasteiger partial charge in [-0.1, -0.05) is 124 Å². The molecule has 9 heteroatoms. The number of rotatable bonds is 18. The molecule has 9 nitrogen and oxygen atoms in total. The lowest BCUT2D eigenvalue weighted by molar-refractivity contribution is -0.159. The van der Waals surface area contributed by atoms with Crippen molar-refractivity contribution in [3.8, 4) is 0 Å². The van der Waals surface area contributed by atoms with E-state index in [-0.39, 0.29) is 19.4 Å². The topological polar surface area (TPSA) is 114 Å². The van der Waals surface area contributed by atoms with Crippen LogP contribution in [0.2, 0.25) is 0 Å². The fourth-order valence-corrected chi connectivity index (χ4v) is 6.14. The third kappa shape index (κ3) is 15.1. The Hall–Kier alpha value is -4.66. The first kappa shape index (κ1) is 42.8. The van der Waals surface area contributed by atoms with Crippen molar-refractivity contribution in [3.63, 3.8) is 0 Å². The molecular formula is C44H61N3O6. The van der Waals surface area contributed by atoms with Crippen molar-refractivity contribution in [1.82, 2.24) is 15.5 Å². The zero-order chi connectivity index (χ0) is 39.0. The molecule has 0 aromatic heterocycles. The van der Waals surface area contributed by atoms with Crippen LogP contribution in [0.5, 0.6) is 0 Å². The summed E-state index contributed by atoms with van der Waals surface area (Å²) in [4.78, 5) is 58.4. The van der Waals surface area contributed by atoms with Crippen LogP contribution in [0.4, 0.5) is 4.79 Å². The number of carbonyl (C=O) groups is 4. The summed E-state index contributed by atoms with van der Waals surface area (Å²) in [5.74, 6) is -1.50. The van der Waals surface area contributed by atoms with E-state index < -0.39 is 53.2 Å². The van der Waals surface area contributed by atoms with Gasteiger partial charge in [0.05, 0.1) is 0 Å². The second-order valence-electron chi connectivity index (χ2n) is 15.7. The standard InChI is InChI=1S/C44H61N3O6/c1-9-10-11-12-13-22-29-47(40(49)36(30-33-24-16-14-17-25-33)46-42(51)53-44(6,7)8)38(35-28-21-20-23-32(35)2)39(48)45-37(41(50)52-43(3,4)5)31-34-26-18-15-19-27-34/h14-21,23-28,36-38H,9-13,22,29-31H2,1-8H3,(H,45,48)(H,46,51). The molecule has 2 N–H and O–H groups in total. The molecule has 0 aliphatic rings. The lowest BCUT2D eigenvalue weighted by atomic mass is 9.96. The maximum absolute atomic E-state index is 15.0. The number of aryl methyl sites for hydroxylation is 1. The largest absolute Gasteiger partial charge is 0.458 e. The van der Waals surface area contributed by atoms with Crippen LogP contribution in [0.1, 0.15) is 115 Å². The Morgan fingerprint density at radius 1 is 0.642 bits per heavy atom. The Balaban J connectivity index is 2.12. The molecule has 3 aromatic rings. The van der Waals surface area contributed by atoms with Gasteiger partial charge in [-0.15, -0.1) is 0 Å². The average Bonchev–Trinajstić information content (AvgIpc) is 3.08. The Bertz CT molecular complexity index is 1600. The van der Waals surface area contributed by atoms with Crippen LogP contribution >= 0.6 is 0 Å². The van der Waals surface area contributed by atoms with Crippen molar-refractivity contribution < 1.29 is 28.7 Å². The van der Waals surface area contributed by atoms with Gasteiger partial charge in [-0.3, -0.25) is 9.59 Å². The maximum Gasteiger partial charge on any atom is 0.408 e. The zero-order valence-corrected chi connectivity index (χ0v) is 33.1. The molecule has 3 unspecified atom stereocenters. The van der Waals surface area contributed by atoms with Crippen molar-refractivity contribution in [2.75, 3.05) is 6.54 Å². The second-order valence-corrected chi connectivity index (χ2v) is 15.7. The molecule has 3 rings (SSSR count). The van der Waals surface area contributed by atoms with Gasteiger partial charge in [-0.2, -0.15) is 0 Å². The molecule has 0 saturated heterocycles. The molecule has 0 bridgehead atoms. The predicted molar refractivity (Wildman–Crippen MR) is 210 cm³/mol. The van der Waals surface area contributed by atoms with Crippen molar-refractivity contribution in [3.05, 3.63) is 107 Å². The smallest absolute Gasteiger partial charge is 0.408 e. The lowest BCUT2D eigenvalue weighted by Gasteiger charge is -2.36. The van der Waals surface area contributed by atoms with E-state index in [0.717, 1.165) is 48.8 Å². The SMILES string of the molecule is CCCCCCCCN(C(=O)C(Cc1ccccc1)NC(=O)OC(C)(C)C)C(C(=O)NC(Cc1ccccc1)C(=O)OC(C)(C)C)c1ccccc1C. The normalized spacial score (nSPS) is 13.3. The van der Waals surface area contributed by atoms with Crippen LogP contribution in [0.25, 0.3) is 0 Å². The number of hydrogen-bond acceptors (Lipinski definition) is 6. The molecule has 3 aromatic carbocycles. The van der Waals surface area contributed by atoms with Gasteiger partial charge in [0, 0.05) is 19.4 Å². The highest BCUT2D eigenvalue weighted by Crippen LogP contribution is 2.28. The Labute approximate surface area is 317 Å². The summed E-state index contributed by atoms with van der Waals surface area (Å²) < 4.78 is 11.4. The summed E-state index contributed by atoms with van der Waals surface area (Å²) in [6.07, 6.45) is 5.49. The highest BCUT2D eigenvalue weighted by Gasteiger charge is 2.39. The fourth-order valence-electron chi connectivity index (χ4n) is 6.14. The minimum atomic E-state index is -1.11. The molecular weight excluding hydrogens is 666 g/mol. The number of nitrogens with zero attached hydrogens (tertiary/aromatic N) is 1. The zero-order valence-electron chi connectivity index (χ0n) is 33.1. The van der Waals surface area contributed by atoms with Gasteiger partial charge in [0.1, 0.15) is 29.3 Å². The average molecular weight is 728 g/mol. The van der Waals surface area contributed by atoms with E-state index in [1.54, 1.807) is 46.4 Å². The van der Waals surface area contributed by atoms with Crippen molar-refractivity contribution >= 4 is 23.9 Å². The molecule has 0 spiro atoms. The van der Waals surface area contributed by atoms with Gasteiger partial charge < -0.3 is 25.0 Å². The summed E-state index contributed by atoms with van der Waals surface area (Å²) in [6, 6.07) is 23.2. The number of esters is 1. The number of ether oxygens (including phenoxy) is 2. The van der Waals surface area contributed by atoms with Gasteiger partial charge in [0.15, 0.2) is 0 Å². The van der Waals surface area contributed by atoms with Crippen LogP contribution < -0.4 is 10.6 Å². The number of hydrogen-bond donors (Lipinski definition) is 2. The van der Waals surface area contributed by atoms with E-state index in [0.29, 0.717) is 12.0 Å². The first-order valence-corrected chi connectivity index (χ1v) is 19.0. The maximum atomic E-state index is 15.0. The second kappa shape index (κ2) is 20.5. The minimum absolute atomic E-state index is 0.183. The molecule has 0 radical (unpaired) electrons. The van der Waals surface area contributed by atoms with Gasteiger partial charge in [0.2, 0.25) is 11.8 Å². The van der Waals surface area contributed by atoms with E-state index in [4.69, 9.17) is 9.47 Å². The first-order valence-electron chi connectivity index (χ1n) is 19.0. The number of unbranched alkanes of at least 4 members (excludes halogenated alkanes) is 5. The molecule has 0 saturated carbocycles. The van der Waals surface area contributed by atoms with Crippen molar-refractivity contribution in [1.29, 1.82) is 0 Å². The van der Waals surface area contributed by atoms with Crippen LogP contribution in [-0.2, 0) is 36.7 Å². The Kier molecular flexibility index (Phi) is 16.6. The van der Waals surface area contributed by atoms with Crippen molar-refractivity contribution in [2.24, 2.45) is 0 Å². The van der Waals surface area contributed by atoms with E-state index in [1.807, 2.05) is 91.9 Å². The summed E-state index contributed by atoms with van der Waals surface area (Å²) >= 11 is 0. The molecule has 3 atom stereocenters.